The predicted octanol–water partition coefficient (Wildman–Crippen LogP) is 4.41. The largest absolute Gasteiger partial charge is 0.493 e. The molecule has 3 aromatic carbocycles. The maximum Gasteiger partial charge on any atom is 0.254 e. The van der Waals surface area contributed by atoms with Crippen molar-refractivity contribution in [2.75, 3.05) is 14.2 Å². The highest BCUT2D eigenvalue weighted by Gasteiger charge is 2.21. The minimum atomic E-state index is -3.78. The Bertz CT molecular complexity index is 1250. The summed E-state index contributed by atoms with van der Waals surface area (Å²) in [6.07, 6.45) is 0. The van der Waals surface area contributed by atoms with E-state index in [2.05, 4.69) is 0 Å². The molecule has 3 rings (SSSR count). The highest BCUT2D eigenvalue weighted by Crippen LogP contribution is 2.31. The average molecular weight is 489 g/mol. The van der Waals surface area contributed by atoms with E-state index in [1.165, 1.54) is 19.2 Å². The molecule has 9 heteroatoms. The lowest BCUT2D eigenvalue weighted by atomic mass is 10.1. The first-order valence-electron chi connectivity index (χ1n) is 10.1. The van der Waals surface area contributed by atoms with Crippen LogP contribution in [0.3, 0.4) is 0 Å². The third-order valence-electron chi connectivity index (χ3n) is 5.34. The van der Waals surface area contributed by atoms with E-state index < -0.39 is 10.0 Å². The zero-order valence-electron chi connectivity index (χ0n) is 18.5. The van der Waals surface area contributed by atoms with E-state index in [0.717, 1.165) is 11.1 Å². The molecule has 33 heavy (non-hydrogen) atoms. The molecule has 2 N–H and O–H groups in total. The van der Waals surface area contributed by atoms with Gasteiger partial charge < -0.3 is 14.4 Å². The smallest absolute Gasteiger partial charge is 0.254 e. The van der Waals surface area contributed by atoms with Crippen molar-refractivity contribution in [2.24, 2.45) is 5.14 Å². The van der Waals surface area contributed by atoms with Crippen molar-refractivity contribution in [3.8, 4) is 11.5 Å². The van der Waals surface area contributed by atoms with Crippen LogP contribution in [-0.4, -0.2) is 33.4 Å². The standard InChI is InChI=1S/C24H25ClN2O5S/c1-16(17-8-11-20(12-9-17)33(26,29)30)27(2)24(28)18-10-13-22(23(14-18)31-3)32-15-19-6-4-5-7-21(19)25/h4-14,16H,15H2,1-3H3,(H2,26,29,30). The SMILES string of the molecule is COc1cc(C(=O)N(C)C(C)c2ccc(S(N)(=O)=O)cc2)ccc1OCc1ccccc1Cl. The number of nitrogens with zero attached hydrogens (tertiary/aromatic N) is 1. The summed E-state index contributed by atoms with van der Waals surface area (Å²) in [5, 5.41) is 5.75. The van der Waals surface area contributed by atoms with Crippen molar-refractivity contribution >= 4 is 27.5 Å². The lowest BCUT2D eigenvalue weighted by molar-refractivity contribution is 0.0742. The van der Waals surface area contributed by atoms with Crippen molar-refractivity contribution in [1.29, 1.82) is 0 Å². The molecule has 174 valence electrons. The van der Waals surface area contributed by atoms with Crippen molar-refractivity contribution in [3.05, 3.63) is 88.4 Å². The molecule has 0 aliphatic heterocycles. The number of carbonyl (C=O) groups excluding carboxylic acids is 1. The van der Waals surface area contributed by atoms with Crippen LogP contribution in [0.1, 0.15) is 34.5 Å². The van der Waals surface area contributed by atoms with Gasteiger partial charge in [0.1, 0.15) is 6.61 Å². The molecule has 1 atom stereocenters. The van der Waals surface area contributed by atoms with Crippen molar-refractivity contribution in [3.63, 3.8) is 0 Å². The van der Waals surface area contributed by atoms with Gasteiger partial charge in [-0.05, 0) is 48.9 Å². The number of nitrogens with two attached hydrogens (primary N) is 1. The van der Waals surface area contributed by atoms with Gasteiger partial charge >= 0.3 is 0 Å². The summed E-state index contributed by atoms with van der Waals surface area (Å²) in [5.74, 6) is 0.684. The summed E-state index contributed by atoms with van der Waals surface area (Å²) in [7, 11) is -0.595. The summed E-state index contributed by atoms with van der Waals surface area (Å²) in [5.41, 5.74) is 2.03. The lowest BCUT2D eigenvalue weighted by Gasteiger charge is -2.26. The average Bonchev–Trinajstić information content (AvgIpc) is 2.81. The minimum absolute atomic E-state index is 0.0181. The first kappa shape index (κ1) is 24.6. The molecule has 0 aliphatic carbocycles. The summed E-state index contributed by atoms with van der Waals surface area (Å²) < 4.78 is 34.2. The normalized spacial score (nSPS) is 12.2. The Morgan fingerprint density at radius 1 is 1.06 bits per heavy atom. The fraction of sp³-hybridized carbons (Fsp3) is 0.208. The molecule has 1 unspecified atom stereocenters. The van der Waals surface area contributed by atoms with Gasteiger partial charge in [0.05, 0.1) is 18.0 Å². The molecule has 0 saturated heterocycles. The summed E-state index contributed by atoms with van der Waals surface area (Å²) in [6, 6.07) is 18.2. The Kier molecular flexibility index (Phi) is 7.63. The third kappa shape index (κ3) is 5.84. The molecule has 1 amide bonds. The molecule has 3 aromatic rings. The first-order chi connectivity index (χ1) is 15.6. The number of methoxy groups -OCH3 is 1. The van der Waals surface area contributed by atoms with Gasteiger partial charge in [-0.2, -0.15) is 0 Å². The van der Waals surface area contributed by atoms with Gasteiger partial charge in [0.2, 0.25) is 10.0 Å². The van der Waals surface area contributed by atoms with Crippen LogP contribution in [0.25, 0.3) is 0 Å². The molecule has 0 radical (unpaired) electrons. The Balaban J connectivity index is 1.75. The Morgan fingerprint density at radius 3 is 2.33 bits per heavy atom. The van der Waals surface area contributed by atoms with Crippen LogP contribution in [-0.2, 0) is 16.6 Å². The number of rotatable bonds is 8. The Hall–Kier alpha value is -3.07. The third-order valence-corrected chi connectivity index (χ3v) is 6.64. The van der Waals surface area contributed by atoms with E-state index in [1.54, 1.807) is 48.3 Å². The number of primary sulfonamides is 1. The van der Waals surface area contributed by atoms with Gasteiger partial charge in [0, 0.05) is 23.2 Å². The van der Waals surface area contributed by atoms with Crippen molar-refractivity contribution < 1.29 is 22.7 Å². The lowest BCUT2D eigenvalue weighted by Crippen LogP contribution is -2.29. The zero-order chi connectivity index (χ0) is 24.2. The van der Waals surface area contributed by atoms with Crippen LogP contribution < -0.4 is 14.6 Å². The fourth-order valence-electron chi connectivity index (χ4n) is 3.23. The topological polar surface area (TPSA) is 98.9 Å². The van der Waals surface area contributed by atoms with E-state index in [0.29, 0.717) is 22.1 Å². The molecular formula is C24H25ClN2O5S. The summed E-state index contributed by atoms with van der Waals surface area (Å²) >= 11 is 6.18. The van der Waals surface area contributed by atoms with E-state index in [1.807, 2.05) is 25.1 Å². The van der Waals surface area contributed by atoms with Gasteiger partial charge in [-0.3, -0.25) is 4.79 Å². The summed E-state index contributed by atoms with van der Waals surface area (Å²) in [6.45, 7) is 2.11. The van der Waals surface area contributed by atoms with Gasteiger partial charge in [-0.15, -0.1) is 0 Å². The maximum atomic E-state index is 13.1. The predicted molar refractivity (Wildman–Crippen MR) is 127 cm³/mol. The van der Waals surface area contributed by atoms with Crippen molar-refractivity contribution in [2.45, 2.75) is 24.5 Å². The molecular weight excluding hydrogens is 464 g/mol. The number of hydrogen-bond donors (Lipinski definition) is 1. The number of halogens is 1. The second-order valence-corrected chi connectivity index (χ2v) is 9.42. The van der Waals surface area contributed by atoms with Gasteiger partial charge in [0.25, 0.3) is 5.91 Å². The fourth-order valence-corrected chi connectivity index (χ4v) is 3.94. The molecule has 0 bridgehead atoms. The number of carbonyl (C=O) groups is 1. The van der Waals surface area contributed by atoms with Crippen LogP contribution in [0, 0.1) is 0 Å². The molecule has 0 fully saturated rings. The molecule has 0 aromatic heterocycles. The molecule has 7 nitrogen and oxygen atoms in total. The number of amides is 1. The number of hydrogen-bond acceptors (Lipinski definition) is 5. The highest BCUT2D eigenvalue weighted by molar-refractivity contribution is 7.89. The second kappa shape index (κ2) is 10.2. The van der Waals surface area contributed by atoms with Crippen LogP contribution in [0.15, 0.2) is 71.6 Å². The second-order valence-electron chi connectivity index (χ2n) is 7.45. The van der Waals surface area contributed by atoms with E-state index in [-0.39, 0.29) is 23.5 Å². The highest BCUT2D eigenvalue weighted by atomic mass is 35.5. The Labute approximate surface area is 198 Å². The van der Waals surface area contributed by atoms with Gasteiger partial charge in [-0.25, -0.2) is 13.6 Å². The molecule has 0 heterocycles. The van der Waals surface area contributed by atoms with Gasteiger partial charge in [-0.1, -0.05) is 41.9 Å². The molecule has 0 spiro atoms. The van der Waals surface area contributed by atoms with Crippen LogP contribution in [0.2, 0.25) is 5.02 Å². The number of benzene rings is 3. The van der Waals surface area contributed by atoms with E-state index in [9.17, 15) is 13.2 Å². The van der Waals surface area contributed by atoms with Crippen LogP contribution in [0.5, 0.6) is 11.5 Å². The zero-order valence-corrected chi connectivity index (χ0v) is 20.1. The minimum Gasteiger partial charge on any atom is -0.493 e. The molecule has 0 saturated carbocycles. The van der Waals surface area contributed by atoms with E-state index in [4.69, 9.17) is 26.2 Å². The maximum absolute atomic E-state index is 13.1. The van der Waals surface area contributed by atoms with Crippen LogP contribution in [0.4, 0.5) is 0 Å². The van der Waals surface area contributed by atoms with Crippen LogP contribution >= 0.6 is 11.6 Å². The Morgan fingerprint density at radius 2 is 1.73 bits per heavy atom. The van der Waals surface area contributed by atoms with Gasteiger partial charge in [0.15, 0.2) is 11.5 Å². The number of sulfonamides is 1. The number of ether oxygens (including phenoxy) is 2. The quantitative estimate of drug-likeness (QED) is 0.506. The first-order valence-corrected chi connectivity index (χ1v) is 12.0. The van der Waals surface area contributed by atoms with Crippen molar-refractivity contribution in [1.82, 2.24) is 4.90 Å². The van der Waals surface area contributed by atoms with E-state index >= 15 is 0 Å². The summed E-state index contributed by atoms with van der Waals surface area (Å²) in [4.78, 5) is 14.7. The molecule has 0 aliphatic rings. The monoisotopic (exact) mass is 488 g/mol.